The molecule has 0 N–H and O–H groups in total. The Labute approximate surface area is 185 Å². The topological polar surface area (TPSA) is 44.8 Å². The van der Waals surface area contributed by atoms with Gasteiger partial charge in [-0.3, -0.25) is 4.79 Å². The first-order chi connectivity index (χ1) is 15.1. The van der Waals surface area contributed by atoms with Crippen LogP contribution in [0.3, 0.4) is 0 Å². The maximum atomic E-state index is 12.2. The summed E-state index contributed by atoms with van der Waals surface area (Å²) in [5, 5.41) is 0. The fourth-order valence-corrected chi connectivity index (χ4v) is 5.21. The smallest absolute Gasteiger partial charge is 0.309 e. The maximum absolute atomic E-state index is 12.2. The molecule has 31 heavy (non-hydrogen) atoms. The SMILES string of the molecule is COC(=O)C(C)C(c1cccc(OCC2CCC(c3cccc(OC)c3)C2)c1)C1CC1. The number of benzene rings is 2. The van der Waals surface area contributed by atoms with Gasteiger partial charge < -0.3 is 14.2 Å². The second-order valence-electron chi connectivity index (χ2n) is 9.21. The predicted molar refractivity (Wildman–Crippen MR) is 122 cm³/mol. The summed E-state index contributed by atoms with van der Waals surface area (Å²) in [5.41, 5.74) is 2.56. The van der Waals surface area contributed by atoms with E-state index in [0.717, 1.165) is 24.5 Å². The zero-order chi connectivity index (χ0) is 21.8. The maximum Gasteiger partial charge on any atom is 0.309 e. The Morgan fingerprint density at radius 1 is 1.00 bits per heavy atom. The molecular weight excluding hydrogens is 388 g/mol. The van der Waals surface area contributed by atoms with E-state index >= 15 is 0 Å². The molecule has 2 aliphatic carbocycles. The Morgan fingerprint density at radius 3 is 2.52 bits per heavy atom. The van der Waals surface area contributed by atoms with E-state index in [-0.39, 0.29) is 17.8 Å². The summed E-state index contributed by atoms with van der Waals surface area (Å²) < 4.78 is 16.6. The second kappa shape index (κ2) is 9.76. The molecule has 2 saturated carbocycles. The summed E-state index contributed by atoms with van der Waals surface area (Å²) in [7, 11) is 3.20. The molecule has 4 nitrogen and oxygen atoms in total. The van der Waals surface area contributed by atoms with E-state index in [0.29, 0.717) is 17.8 Å². The van der Waals surface area contributed by atoms with Crippen molar-refractivity contribution in [3.05, 3.63) is 59.7 Å². The average Bonchev–Trinajstić information content (AvgIpc) is 3.52. The lowest BCUT2D eigenvalue weighted by molar-refractivity contribution is -0.145. The Morgan fingerprint density at radius 2 is 1.77 bits per heavy atom. The molecule has 2 fully saturated rings. The second-order valence-corrected chi connectivity index (χ2v) is 9.21. The molecule has 0 bridgehead atoms. The van der Waals surface area contributed by atoms with E-state index in [9.17, 15) is 4.79 Å². The van der Waals surface area contributed by atoms with Gasteiger partial charge in [-0.1, -0.05) is 31.2 Å². The monoisotopic (exact) mass is 422 g/mol. The first-order valence-electron chi connectivity index (χ1n) is 11.5. The number of ether oxygens (including phenoxy) is 3. The summed E-state index contributed by atoms with van der Waals surface area (Å²) in [4.78, 5) is 12.2. The van der Waals surface area contributed by atoms with Crippen LogP contribution in [0.4, 0.5) is 0 Å². The summed E-state index contributed by atoms with van der Waals surface area (Å²) in [6.07, 6.45) is 5.90. The van der Waals surface area contributed by atoms with Crippen molar-refractivity contribution in [2.45, 2.75) is 50.9 Å². The normalized spacial score (nSPS) is 22.5. The van der Waals surface area contributed by atoms with Crippen LogP contribution in [0, 0.1) is 17.8 Å². The summed E-state index contributed by atoms with van der Waals surface area (Å²) in [5.74, 6) is 3.50. The fraction of sp³-hybridized carbons (Fsp3) is 0.519. The highest BCUT2D eigenvalue weighted by Crippen LogP contribution is 2.47. The van der Waals surface area contributed by atoms with Crippen molar-refractivity contribution >= 4 is 5.97 Å². The molecule has 2 aliphatic rings. The third-order valence-electron chi connectivity index (χ3n) is 7.08. The van der Waals surface area contributed by atoms with Crippen LogP contribution in [0.1, 0.15) is 62.0 Å². The summed E-state index contributed by atoms with van der Waals surface area (Å²) >= 11 is 0. The number of hydrogen-bond acceptors (Lipinski definition) is 4. The molecule has 166 valence electrons. The standard InChI is InChI=1S/C27H34O4/c1-18(27(28)30-3)26(20-12-13-20)23-7-5-9-25(16-23)31-17-19-10-11-22(14-19)21-6-4-8-24(15-21)29-2/h4-9,15-16,18-20,22,26H,10-14,17H2,1-3H3. The minimum atomic E-state index is -0.133. The molecule has 4 heteroatoms. The molecule has 0 radical (unpaired) electrons. The van der Waals surface area contributed by atoms with Gasteiger partial charge in [0, 0.05) is 0 Å². The van der Waals surface area contributed by atoms with Crippen LogP contribution >= 0.6 is 0 Å². The average molecular weight is 423 g/mol. The van der Waals surface area contributed by atoms with E-state index in [1.165, 1.54) is 43.9 Å². The summed E-state index contributed by atoms with van der Waals surface area (Å²) in [6.45, 7) is 2.73. The lowest BCUT2D eigenvalue weighted by Gasteiger charge is -2.23. The predicted octanol–water partition coefficient (Wildman–Crippen LogP) is 5.96. The van der Waals surface area contributed by atoms with E-state index in [2.05, 4.69) is 36.4 Å². The van der Waals surface area contributed by atoms with E-state index in [4.69, 9.17) is 14.2 Å². The van der Waals surface area contributed by atoms with Gasteiger partial charge in [0.05, 0.1) is 26.7 Å². The highest BCUT2D eigenvalue weighted by Gasteiger charge is 2.39. The van der Waals surface area contributed by atoms with Crippen molar-refractivity contribution in [1.82, 2.24) is 0 Å². The third kappa shape index (κ3) is 5.23. The van der Waals surface area contributed by atoms with Gasteiger partial charge >= 0.3 is 5.97 Å². The first-order valence-corrected chi connectivity index (χ1v) is 11.5. The molecule has 4 rings (SSSR count). The van der Waals surface area contributed by atoms with E-state index in [1.807, 2.05) is 19.1 Å². The molecule has 4 unspecified atom stereocenters. The number of esters is 1. The minimum absolute atomic E-state index is 0.127. The Kier molecular flexibility index (Phi) is 6.84. The van der Waals surface area contributed by atoms with Gasteiger partial charge in [-0.15, -0.1) is 0 Å². The van der Waals surface area contributed by atoms with Crippen molar-refractivity contribution in [2.24, 2.45) is 17.8 Å². The van der Waals surface area contributed by atoms with Crippen LogP contribution in [0.25, 0.3) is 0 Å². The highest BCUT2D eigenvalue weighted by molar-refractivity contribution is 5.73. The van der Waals surface area contributed by atoms with E-state index < -0.39 is 0 Å². The molecular formula is C27H34O4. The van der Waals surface area contributed by atoms with Gasteiger partial charge in [0.2, 0.25) is 0 Å². The molecule has 0 aliphatic heterocycles. The highest BCUT2D eigenvalue weighted by atomic mass is 16.5. The number of rotatable bonds is 9. The molecule has 0 amide bonds. The van der Waals surface area contributed by atoms with Crippen LogP contribution in [0.5, 0.6) is 11.5 Å². The molecule has 0 heterocycles. The van der Waals surface area contributed by atoms with Crippen molar-refractivity contribution in [2.75, 3.05) is 20.8 Å². The molecule has 2 aromatic rings. The lowest BCUT2D eigenvalue weighted by atomic mass is 9.83. The zero-order valence-corrected chi connectivity index (χ0v) is 18.9. The van der Waals surface area contributed by atoms with Gasteiger partial charge in [0.15, 0.2) is 0 Å². The van der Waals surface area contributed by atoms with Gasteiger partial charge in [0.25, 0.3) is 0 Å². The molecule has 0 aromatic heterocycles. The van der Waals surface area contributed by atoms with Crippen LogP contribution < -0.4 is 9.47 Å². The van der Waals surface area contributed by atoms with Gasteiger partial charge in [-0.25, -0.2) is 0 Å². The van der Waals surface area contributed by atoms with Crippen LogP contribution in [-0.4, -0.2) is 26.8 Å². The van der Waals surface area contributed by atoms with E-state index in [1.54, 1.807) is 7.11 Å². The lowest BCUT2D eigenvalue weighted by Crippen LogP contribution is -2.22. The number of carbonyl (C=O) groups is 1. The van der Waals surface area contributed by atoms with Gasteiger partial charge in [-0.05, 0) is 91.2 Å². The summed E-state index contributed by atoms with van der Waals surface area (Å²) in [6, 6.07) is 16.8. The molecule has 2 aromatic carbocycles. The third-order valence-corrected chi connectivity index (χ3v) is 7.08. The van der Waals surface area contributed by atoms with Crippen molar-refractivity contribution in [3.63, 3.8) is 0 Å². The molecule has 0 saturated heterocycles. The van der Waals surface area contributed by atoms with Crippen molar-refractivity contribution < 1.29 is 19.0 Å². The zero-order valence-electron chi connectivity index (χ0n) is 18.9. The quantitative estimate of drug-likeness (QED) is 0.468. The molecule has 0 spiro atoms. The Hall–Kier alpha value is -2.49. The minimum Gasteiger partial charge on any atom is -0.497 e. The van der Waals surface area contributed by atoms with Gasteiger partial charge in [0.1, 0.15) is 11.5 Å². The van der Waals surface area contributed by atoms with Crippen molar-refractivity contribution in [1.29, 1.82) is 0 Å². The van der Waals surface area contributed by atoms with Crippen molar-refractivity contribution in [3.8, 4) is 11.5 Å². The molecule has 4 atom stereocenters. The Bertz CT molecular complexity index is 888. The van der Waals surface area contributed by atoms with Gasteiger partial charge in [-0.2, -0.15) is 0 Å². The fourth-order valence-electron chi connectivity index (χ4n) is 5.21. The van der Waals surface area contributed by atoms with Crippen LogP contribution in [0.2, 0.25) is 0 Å². The number of methoxy groups -OCH3 is 2. The largest absolute Gasteiger partial charge is 0.497 e. The van der Waals surface area contributed by atoms with Crippen LogP contribution in [0.15, 0.2) is 48.5 Å². The number of carbonyl (C=O) groups excluding carboxylic acids is 1. The first kappa shape index (κ1) is 21.7. The van der Waals surface area contributed by atoms with Crippen LogP contribution in [-0.2, 0) is 9.53 Å². The number of hydrogen-bond donors (Lipinski definition) is 0. The Balaban J connectivity index is 1.37.